The predicted molar refractivity (Wildman–Crippen MR) is 75.1 cm³/mol. The molecule has 4 unspecified atom stereocenters. The Kier molecular flexibility index (Phi) is 5.41. The van der Waals surface area contributed by atoms with Crippen LogP contribution in [0.3, 0.4) is 0 Å². The number of carboxylic acids is 1. The first-order valence-electron chi connectivity index (χ1n) is 7.47. The van der Waals surface area contributed by atoms with Gasteiger partial charge in [0.25, 0.3) is 0 Å². The highest BCUT2D eigenvalue weighted by Gasteiger charge is 2.40. The molecule has 1 aliphatic heterocycles. The predicted octanol–water partition coefficient (Wildman–Crippen LogP) is 0.685. The van der Waals surface area contributed by atoms with Gasteiger partial charge in [-0.1, -0.05) is 0 Å². The van der Waals surface area contributed by atoms with Crippen molar-refractivity contribution >= 4 is 12.0 Å². The van der Waals surface area contributed by atoms with Gasteiger partial charge in [-0.3, -0.25) is 4.79 Å². The van der Waals surface area contributed by atoms with E-state index >= 15 is 0 Å². The lowest BCUT2D eigenvalue weighted by Gasteiger charge is -2.30. The number of likely N-dealkylation sites (N-methyl/N-ethyl adjacent to an activating group) is 1. The van der Waals surface area contributed by atoms with Gasteiger partial charge in [-0.2, -0.15) is 0 Å². The molecular formula is C14H24N2O5. The van der Waals surface area contributed by atoms with E-state index in [1.165, 1.54) is 0 Å². The molecule has 2 rings (SSSR count). The Morgan fingerprint density at radius 3 is 2.71 bits per heavy atom. The van der Waals surface area contributed by atoms with Crippen LogP contribution in [-0.4, -0.2) is 67.1 Å². The van der Waals surface area contributed by atoms with Crippen LogP contribution in [0.25, 0.3) is 0 Å². The Balaban J connectivity index is 1.94. The summed E-state index contributed by atoms with van der Waals surface area (Å²) in [6.45, 7) is 2.76. The number of ether oxygens (including phenoxy) is 2. The number of urea groups is 1. The van der Waals surface area contributed by atoms with Gasteiger partial charge in [0.1, 0.15) is 5.92 Å². The number of carbonyl (C=O) groups is 2. The number of hydrogen-bond donors (Lipinski definition) is 2. The maximum atomic E-state index is 12.4. The second kappa shape index (κ2) is 7.09. The van der Waals surface area contributed by atoms with E-state index in [-0.39, 0.29) is 31.4 Å². The molecule has 2 N–H and O–H groups in total. The van der Waals surface area contributed by atoms with E-state index in [1.807, 2.05) is 6.92 Å². The highest BCUT2D eigenvalue weighted by molar-refractivity contribution is 5.77. The number of aliphatic carboxylic acids is 1. The van der Waals surface area contributed by atoms with Crippen LogP contribution in [0.2, 0.25) is 0 Å². The summed E-state index contributed by atoms with van der Waals surface area (Å²) in [7, 11) is 1.68. The lowest BCUT2D eigenvalue weighted by atomic mass is 10.0. The number of rotatable bonds is 5. The summed E-state index contributed by atoms with van der Waals surface area (Å²) < 4.78 is 10.5. The van der Waals surface area contributed by atoms with E-state index in [1.54, 1.807) is 12.0 Å². The fraction of sp³-hybridized carbons (Fsp3) is 0.857. The summed E-state index contributed by atoms with van der Waals surface area (Å²) in [6, 6.07) is -0.504. The molecule has 4 atom stereocenters. The molecule has 0 radical (unpaired) electrons. The van der Waals surface area contributed by atoms with Crippen molar-refractivity contribution in [3.05, 3.63) is 0 Å². The molecule has 2 fully saturated rings. The summed E-state index contributed by atoms with van der Waals surface area (Å²) in [6.07, 6.45) is 2.85. The van der Waals surface area contributed by atoms with Crippen LogP contribution in [0.1, 0.15) is 26.2 Å². The zero-order valence-electron chi connectivity index (χ0n) is 12.6. The van der Waals surface area contributed by atoms with Crippen LogP contribution in [0.5, 0.6) is 0 Å². The molecule has 0 spiro atoms. The van der Waals surface area contributed by atoms with Crippen molar-refractivity contribution in [3.63, 3.8) is 0 Å². The maximum absolute atomic E-state index is 12.4. The SMILES string of the molecule is CCN(C(=O)NC1CCC(OC)C1)C1COCC1C(=O)O. The maximum Gasteiger partial charge on any atom is 0.317 e. The number of nitrogens with zero attached hydrogens (tertiary/aromatic N) is 1. The summed E-state index contributed by atoms with van der Waals surface area (Å²) >= 11 is 0. The summed E-state index contributed by atoms with van der Waals surface area (Å²) in [4.78, 5) is 25.2. The first-order chi connectivity index (χ1) is 10.1. The van der Waals surface area contributed by atoms with Crippen molar-refractivity contribution < 1.29 is 24.2 Å². The average molecular weight is 300 g/mol. The van der Waals surface area contributed by atoms with E-state index in [2.05, 4.69) is 5.32 Å². The third kappa shape index (κ3) is 3.65. The van der Waals surface area contributed by atoms with Gasteiger partial charge >= 0.3 is 12.0 Å². The number of nitrogens with one attached hydrogen (secondary N) is 1. The molecular weight excluding hydrogens is 276 g/mol. The molecule has 0 bridgehead atoms. The Labute approximate surface area is 124 Å². The van der Waals surface area contributed by atoms with Gasteiger partial charge in [0.2, 0.25) is 0 Å². The van der Waals surface area contributed by atoms with Crippen molar-refractivity contribution in [2.75, 3.05) is 26.9 Å². The first-order valence-corrected chi connectivity index (χ1v) is 7.47. The van der Waals surface area contributed by atoms with Gasteiger partial charge in [-0.25, -0.2) is 4.79 Å². The second-order valence-corrected chi connectivity index (χ2v) is 5.65. The van der Waals surface area contributed by atoms with Crippen molar-refractivity contribution in [2.24, 2.45) is 5.92 Å². The number of carboxylic acid groups (broad SMARTS) is 1. The Morgan fingerprint density at radius 1 is 1.38 bits per heavy atom. The molecule has 0 aromatic heterocycles. The summed E-state index contributed by atoms with van der Waals surface area (Å²) in [5, 5.41) is 12.2. The van der Waals surface area contributed by atoms with Crippen LogP contribution >= 0.6 is 0 Å². The fourth-order valence-electron chi connectivity index (χ4n) is 3.16. The Morgan fingerprint density at radius 2 is 2.14 bits per heavy atom. The van der Waals surface area contributed by atoms with E-state index in [0.717, 1.165) is 19.3 Å². The quantitative estimate of drug-likeness (QED) is 0.779. The smallest absolute Gasteiger partial charge is 0.317 e. The van der Waals surface area contributed by atoms with Gasteiger partial charge < -0.3 is 24.8 Å². The highest BCUT2D eigenvalue weighted by atomic mass is 16.5. The van der Waals surface area contributed by atoms with Gasteiger partial charge in [0, 0.05) is 19.7 Å². The van der Waals surface area contributed by atoms with Crippen LogP contribution < -0.4 is 5.32 Å². The second-order valence-electron chi connectivity index (χ2n) is 5.65. The van der Waals surface area contributed by atoms with Gasteiger partial charge in [0.05, 0.1) is 25.4 Å². The van der Waals surface area contributed by atoms with Crippen molar-refractivity contribution in [1.29, 1.82) is 0 Å². The van der Waals surface area contributed by atoms with Gasteiger partial charge in [0.15, 0.2) is 0 Å². The molecule has 1 saturated carbocycles. The van der Waals surface area contributed by atoms with Crippen LogP contribution in [0, 0.1) is 5.92 Å². The van der Waals surface area contributed by atoms with Crippen molar-refractivity contribution in [2.45, 2.75) is 44.4 Å². The average Bonchev–Trinajstić information content (AvgIpc) is 3.08. The molecule has 2 aliphatic rings. The molecule has 2 amide bonds. The number of amides is 2. The number of carbonyl (C=O) groups excluding carboxylic acids is 1. The Bertz CT molecular complexity index is 390. The molecule has 0 aromatic rings. The lowest BCUT2D eigenvalue weighted by molar-refractivity contribution is -0.142. The lowest BCUT2D eigenvalue weighted by Crippen LogP contribution is -2.52. The fourth-order valence-corrected chi connectivity index (χ4v) is 3.16. The minimum Gasteiger partial charge on any atom is -0.481 e. The van der Waals surface area contributed by atoms with E-state index in [9.17, 15) is 14.7 Å². The van der Waals surface area contributed by atoms with Crippen LogP contribution in [-0.2, 0) is 14.3 Å². The number of methoxy groups -OCH3 is 1. The van der Waals surface area contributed by atoms with Gasteiger partial charge in [-0.05, 0) is 26.2 Å². The van der Waals surface area contributed by atoms with Gasteiger partial charge in [-0.15, -0.1) is 0 Å². The van der Waals surface area contributed by atoms with Crippen molar-refractivity contribution in [3.8, 4) is 0 Å². The summed E-state index contributed by atoms with van der Waals surface area (Å²) in [5.41, 5.74) is 0. The molecule has 1 saturated heterocycles. The minimum absolute atomic E-state index is 0.0992. The minimum atomic E-state index is -0.913. The molecule has 7 heteroatoms. The molecule has 1 aliphatic carbocycles. The Hall–Kier alpha value is -1.34. The molecule has 21 heavy (non-hydrogen) atoms. The third-order valence-electron chi connectivity index (χ3n) is 4.42. The van der Waals surface area contributed by atoms with E-state index < -0.39 is 17.9 Å². The zero-order chi connectivity index (χ0) is 15.4. The molecule has 120 valence electrons. The largest absolute Gasteiger partial charge is 0.481 e. The standard InChI is InChI=1S/C14H24N2O5/c1-3-16(12-8-21-7-11(12)13(17)18)14(19)15-9-4-5-10(6-9)20-2/h9-12H,3-8H2,1-2H3,(H,15,19)(H,17,18). The molecule has 0 aromatic carbocycles. The summed E-state index contributed by atoms with van der Waals surface area (Å²) in [5.74, 6) is -1.56. The first kappa shape index (κ1) is 16.0. The molecule has 1 heterocycles. The monoisotopic (exact) mass is 300 g/mol. The highest BCUT2D eigenvalue weighted by Crippen LogP contribution is 2.23. The topological polar surface area (TPSA) is 88.1 Å². The normalized spacial score (nSPS) is 32.1. The number of hydrogen-bond acceptors (Lipinski definition) is 4. The van der Waals surface area contributed by atoms with Crippen LogP contribution in [0.15, 0.2) is 0 Å². The van der Waals surface area contributed by atoms with E-state index in [0.29, 0.717) is 6.54 Å². The van der Waals surface area contributed by atoms with Crippen molar-refractivity contribution in [1.82, 2.24) is 10.2 Å². The van der Waals surface area contributed by atoms with E-state index in [4.69, 9.17) is 9.47 Å². The van der Waals surface area contributed by atoms with Crippen LogP contribution in [0.4, 0.5) is 4.79 Å². The zero-order valence-corrected chi connectivity index (χ0v) is 12.6. The third-order valence-corrected chi connectivity index (χ3v) is 4.42. The molecule has 7 nitrogen and oxygen atoms in total.